The molecule has 2 aliphatic carbocycles. The number of carbonyl (C=O) groups is 4. The first kappa shape index (κ1) is 49.5. The van der Waals surface area contributed by atoms with Crippen LogP contribution in [0.5, 0.6) is 11.6 Å². The summed E-state index contributed by atoms with van der Waals surface area (Å²) in [5, 5.41) is 5.98. The minimum atomic E-state index is -4.94. The Morgan fingerprint density at radius 1 is 1.11 bits per heavy atom. The van der Waals surface area contributed by atoms with Gasteiger partial charge in [0.1, 0.15) is 17.6 Å². The van der Waals surface area contributed by atoms with E-state index in [4.69, 9.17) is 18.9 Å². The fourth-order valence-corrected chi connectivity index (χ4v) is 9.69. The molecule has 6 rings (SSSR count). The number of methoxy groups -OCH3 is 1. The number of rotatable bonds is 12. The molecule has 4 amide bonds. The van der Waals surface area contributed by atoms with Gasteiger partial charge in [-0.2, -0.15) is 13.2 Å². The predicted octanol–water partition coefficient (Wildman–Crippen LogP) is 5.53. The maximum absolute atomic E-state index is 15.3. The zero-order chi connectivity index (χ0) is 47.7. The number of benzene rings is 1. The standard InChI is InChI=1S/C44H60F4N6O10S/c1-8-27-21-26(2)11-9-10-12-28-24-43(28,39(57)52-65(59,60)42(5)14-15-42)51-36(55)32(53(6)38(56)35(27)50-40(58)64-41(3,4)44(46,47)48)13-18-63-37-30-22-31(45)34(61-7)23-29(30)33(25-49-37)54-16-19-62-20-17-54/h10,12,22-23,25-28,32,35H,8-9,11,13-21,24H2,1-7H3,(H,50,58)(H,51,55)(H,52,57). The van der Waals surface area contributed by atoms with E-state index in [-0.39, 0.29) is 42.4 Å². The Bertz CT molecular complexity index is 2270. The first-order chi connectivity index (χ1) is 30.5. The molecular weight excluding hydrogens is 881 g/mol. The largest absolute Gasteiger partial charge is 0.494 e. The highest BCUT2D eigenvalue weighted by atomic mass is 32.2. The lowest BCUT2D eigenvalue weighted by molar-refractivity contribution is -0.244. The van der Waals surface area contributed by atoms with E-state index in [1.807, 2.05) is 17.9 Å². The van der Waals surface area contributed by atoms with Crippen molar-refractivity contribution in [3.05, 3.63) is 36.3 Å². The van der Waals surface area contributed by atoms with Crippen molar-refractivity contribution in [3.8, 4) is 11.6 Å². The molecule has 1 saturated heterocycles. The van der Waals surface area contributed by atoms with Crippen molar-refractivity contribution in [1.29, 1.82) is 0 Å². The highest BCUT2D eigenvalue weighted by molar-refractivity contribution is 7.91. The number of allylic oxidation sites excluding steroid dienone is 1. The molecule has 6 unspecified atom stereocenters. The van der Waals surface area contributed by atoms with Gasteiger partial charge in [-0.25, -0.2) is 22.6 Å². The molecule has 1 aromatic heterocycles. The number of alkyl carbamates (subject to hydrolysis) is 1. The van der Waals surface area contributed by atoms with E-state index in [1.165, 1.54) is 33.2 Å². The van der Waals surface area contributed by atoms with Gasteiger partial charge in [-0.3, -0.25) is 19.1 Å². The number of fused-ring (bicyclic) bond motifs is 2. The van der Waals surface area contributed by atoms with Crippen LogP contribution in [-0.2, 0) is 33.9 Å². The van der Waals surface area contributed by atoms with Gasteiger partial charge in [0.15, 0.2) is 11.6 Å². The van der Waals surface area contributed by atoms with E-state index >= 15 is 4.39 Å². The molecule has 1 aromatic carbocycles. The van der Waals surface area contributed by atoms with Crippen LogP contribution in [0.15, 0.2) is 30.5 Å². The van der Waals surface area contributed by atoms with Gasteiger partial charge in [0.2, 0.25) is 33.3 Å². The van der Waals surface area contributed by atoms with Gasteiger partial charge in [0, 0.05) is 43.2 Å². The lowest BCUT2D eigenvalue weighted by Gasteiger charge is -2.36. The maximum Gasteiger partial charge on any atom is 0.427 e. The third-order valence-corrected chi connectivity index (χ3v) is 15.4. The van der Waals surface area contributed by atoms with E-state index < -0.39 is 85.6 Å². The van der Waals surface area contributed by atoms with Crippen LogP contribution < -0.4 is 29.7 Å². The minimum absolute atomic E-state index is 0.0123. The molecule has 3 N–H and O–H groups in total. The van der Waals surface area contributed by atoms with E-state index in [1.54, 1.807) is 19.2 Å². The van der Waals surface area contributed by atoms with Crippen molar-refractivity contribution in [2.45, 2.75) is 120 Å². The average Bonchev–Trinajstić information content (AvgIpc) is 4.17. The third kappa shape index (κ3) is 10.7. The second-order valence-electron chi connectivity index (χ2n) is 18.4. The zero-order valence-corrected chi connectivity index (χ0v) is 38.6. The number of aromatic nitrogens is 1. The van der Waals surface area contributed by atoms with Crippen LogP contribution in [0.25, 0.3) is 10.8 Å². The summed E-state index contributed by atoms with van der Waals surface area (Å²) in [4.78, 5) is 64.3. The Morgan fingerprint density at radius 2 is 1.80 bits per heavy atom. The first-order valence-corrected chi connectivity index (χ1v) is 23.5. The number of likely N-dealkylation sites (N-methyl/N-ethyl adjacent to an activating group) is 1. The maximum atomic E-state index is 15.3. The van der Waals surface area contributed by atoms with Crippen molar-refractivity contribution in [2.75, 3.05) is 52.0 Å². The Hall–Kier alpha value is -4.92. The molecule has 2 aromatic rings. The van der Waals surface area contributed by atoms with Crippen molar-refractivity contribution < 1.29 is 64.1 Å². The topological polar surface area (TPSA) is 195 Å². The van der Waals surface area contributed by atoms with Crippen molar-refractivity contribution in [1.82, 2.24) is 25.2 Å². The Labute approximate surface area is 376 Å². The van der Waals surface area contributed by atoms with E-state index in [9.17, 15) is 40.8 Å². The van der Waals surface area contributed by atoms with Crippen LogP contribution in [0.2, 0.25) is 0 Å². The quantitative estimate of drug-likeness (QED) is 0.178. The van der Waals surface area contributed by atoms with Crippen LogP contribution in [-0.4, -0.2) is 123 Å². The van der Waals surface area contributed by atoms with Gasteiger partial charge in [-0.05, 0) is 83.3 Å². The van der Waals surface area contributed by atoms with Gasteiger partial charge < -0.3 is 39.4 Å². The highest BCUT2D eigenvalue weighted by Gasteiger charge is 2.63. The van der Waals surface area contributed by atoms with E-state index in [2.05, 4.69) is 20.3 Å². The number of amides is 4. The Balaban J connectivity index is 1.36. The summed E-state index contributed by atoms with van der Waals surface area (Å²) in [6.45, 7) is 8.25. The summed E-state index contributed by atoms with van der Waals surface area (Å²) in [7, 11) is -1.52. The number of hydrogen-bond donors (Lipinski definition) is 3. The fraction of sp³-hybridized carbons (Fsp3) is 0.659. The number of ether oxygens (including phenoxy) is 4. The number of nitrogens with zero attached hydrogens (tertiary/aromatic N) is 3. The van der Waals surface area contributed by atoms with Gasteiger partial charge in [0.05, 0.1) is 43.6 Å². The van der Waals surface area contributed by atoms with E-state index in [0.29, 0.717) is 89.7 Å². The Kier molecular flexibility index (Phi) is 14.6. The number of carbonyl (C=O) groups excluding carboxylic acids is 4. The zero-order valence-electron chi connectivity index (χ0n) is 37.8. The number of sulfonamides is 1. The molecule has 3 heterocycles. The van der Waals surface area contributed by atoms with Crippen molar-refractivity contribution in [2.24, 2.45) is 17.8 Å². The first-order valence-electron chi connectivity index (χ1n) is 22.0. The Morgan fingerprint density at radius 3 is 2.43 bits per heavy atom. The van der Waals surface area contributed by atoms with E-state index in [0.717, 1.165) is 4.90 Å². The summed E-state index contributed by atoms with van der Waals surface area (Å²) in [6.07, 6.45) is 0.927. The monoisotopic (exact) mass is 940 g/mol. The molecule has 2 saturated carbocycles. The van der Waals surface area contributed by atoms with Crippen molar-refractivity contribution in [3.63, 3.8) is 0 Å². The predicted molar refractivity (Wildman–Crippen MR) is 231 cm³/mol. The smallest absolute Gasteiger partial charge is 0.427 e. The molecule has 2 aliphatic heterocycles. The molecule has 16 nitrogen and oxygen atoms in total. The van der Waals surface area contributed by atoms with Gasteiger partial charge in [-0.15, -0.1) is 0 Å². The summed E-state index contributed by atoms with van der Waals surface area (Å²) in [5.74, 6) is -4.70. The molecule has 6 atom stereocenters. The molecule has 21 heteroatoms. The fourth-order valence-electron chi connectivity index (χ4n) is 8.38. The lowest BCUT2D eigenvalue weighted by Crippen LogP contribution is -2.60. The summed E-state index contributed by atoms with van der Waals surface area (Å²) in [5.41, 5.74) is -3.97. The molecule has 65 heavy (non-hydrogen) atoms. The summed E-state index contributed by atoms with van der Waals surface area (Å²) >= 11 is 0. The number of nitrogens with one attached hydrogen (secondary N) is 3. The number of hydrogen-bond acceptors (Lipinski definition) is 12. The molecule has 0 bridgehead atoms. The highest BCUT2D eigenvalue weighted by Crippen LogP contribution is 2.47. The summed E-state index contributed by atoms with van der Waals surface area (Å²) < 4.78 is 106. The number of halogens is 4. The summed E-state index contributed by atoms with van der Waals surface area (Å²) in [6, 6.07) is -0.226. The molecule has 0 radical (unpaired) electrons. The van der Waals surface area contributed by atoms with Crippen LogP contribution in [0.4, 0.5) is 28.0 Å². The van der Waals surface area contributed by atoms with Crippen LogP contribution in [0, 0.1) is 23.6 Å². The molecular formula is C44H60F4N6O10S. The van der Waals surface area contributed by atoms with Gasteiger partial charge in [0.25, 0.3) is 5.91 Å². The lowest BCUT2D eigenvalue weighted by atomic mass is 9.85. The second kappa shape index (κ2) is 19.1. The number of morpholine rings is 1. The number of anilines is 1. The molecule has 360 valence electrons. The number of alkyl halides is 3. The third-order valence-electron chi connectivity index (χ3n) is 13.3. The average molecular weight is 941 g/mol. The molecule has 0 spiro atoms. The number of pyridine rings is 1. The normalized spacial score (nSPS) is 26.5. The SMILES string of the molecule is CCC1CC(C)CCC=CC2CC2(C(=O)NS(=O)(=O)C2(C)CC2)NC(=O)C(CCOc2ncc(N3CCOCC3)c3cc(OC)c(F)cc23)N(C)C(=O)C1NC(=O)OC(C)(C)C(F)(F)F. The van der Waals surface area contributed by atoms with Crippen LogP contribution in [0.3, 0.4) is 0 Å². The van der Waals surface area contributed by atoms with Crippen molar-refractivity contribution >= 4 is 50.3 Å². The molecule has 3 fully saturated rings. The molecule has 4 aliphatic rings. The van der Waals surface area contributed by atoms with Gasteiger partial charge >= 0.3 is 12.3 Å². The minimum Gasteiger partial charge on any atom is -0.494 e. The van der Waals surface area contributed by atoms with Crippen LogP contribution >= 0.6 is 0 Å². The second-order valence-corrected chi connectivity index (χ2v) is 20.6. The van der Waals surface area contributed by atoms with Crippen LogP contribution in [0.1, 0.15) is 86.0 Å². The van der Waals surface area contributed by atoms with Gasteiger partial charge in [-0.1, -0.05) is 32.4 Å².